The van der Waals surface area contributed by atoms with Crippen molar-refractivity contribution in [3.05, 3.63) is 35.9 Å². The summed E-state index contributed by atoms with van der Waals surface area (Å²) in [5.74, 6) is 6.61. The van der Waals surface area contributed by atoms with Crippen LogP contribution < -0.4 is 5.84 Å². The Hall–Kier alpha value is -0.860. The molecule has 0 unspecified atom stereocenters. The Bertz CT molecular complexity index is 244. The molecule has 0 fully saturated rings. The van der Waals surface area contributed by atoms with Gasteiger partial charge in [0.15, 0.2) is 0 Å². The molecule has 0 aliphatic rings. The van der Waals surface area contributed by atoms with E-state index in [1.54, 1.807) is 0 Å². The van der Waals surface area contributed by atoms with E-state index in [9.17, 15) is 0 Å². The van der Waals surface area contributed by atoms with Gasteiger partial charge in [0.1, 0.15) is 0 Å². The molecule has 0 heterocycles. The molecule has 14 heavy (non-hydrogen) atoms. The Labute approximate surface area is 86.7 Å². The second kappa shape index (κ2) is 5.78. The van der Waals surface area contributed by atoms with Crippen molar-refractivity contribution in [2.45, 2.75) is 26.8 Å². The molecule has 0 saturated carbocycles. The normalized spacial score (nSPS) is 11.2. The van der Waals surface area contributed by atoms with E-state index in [1.165, 1.54) is 5.56 Å². The van der Waals surface area contributed by atoms with Crippen molar-refractivity contribution in [3.63, 3.8) is 0 Å². The van der Waals surface area contributed by atoms with Crippen LogP contribution >= 0.6 is 0 Å². The predicted molar refractivity (Wildman–Crippen MR) is 60.5 cm³/mol. The molecule has 0 amide bonds. The monoisotopic (exact) mass is 192 g/mol. The number of hydrogen-bond acceptors (Lipinski definition) is 2. The molecule has 78 valence electrons. The van der Waals surface area contributed by atoms with Crippen molar-refractivity contribution in [2.24, 2.45) is 11.8 Å². The smallest absolute Gasteiger partial charge is 0.0379 e. The lowest BCUT2D eigenvalue weighted by Gasteiger charge is -2.17. The summed E-state index contributed by atoms with van der Waals surface area (Å²) < 4.78 is 0. The van der Waals surface area contributed by atoms with Gasteiger partial charge in [-0.3, -0.25) is 5.84 Å². The van der Waals surface area contributed by atoms with Crippen LogP contribution in [0.3, 0.4) is 0 Å². The SMILES string of the molecule is CC(C)CCN(N)Cc1ccccc1. The molecule has 2 N–H and O–H groups in total. The van der Waals surface area contributed by atoms with E-state index >= 15 is 0 Å². The lowest BCUT2D eigenvalue weighted by Crippen LogP contribution is -2.31. The number of hydrazine groups is 1. The fourth-order valence-corrected chi connectivity index (χ4v) is 1.32. The highest BCUT2D eigenvalue weighted by molar-refractivity contribution is 5.14. The maximum absolute atomic E-state index is 5.89. The molecular weight excluding hydrogens is 172 g/mol. The molecular formula is C12H20N2. The van der Waals surface area contributed by atoms with Crippen molar-refractivity contribution in [2.75, 3.05) is 6.54 Å². The Morgan fingerprint density at radius 1 is 1.21 bits per heavy atom. The van der Waals surface area contributed by atoms with E-state index in [2.05, 4.69) is 26.0 Å². The minimum absolute atomic E-state index is 0.719. The summed E-state index contributed by atoms with van der Waals surface area (Å²) >= 11 is 0. The Kier molecular flexibility index (Phi) is 4.63. The number of nitrogens with zero attached hydrogens (tertiary/aromatic N) is 1. The standard InChI is InChI=1S/C12H20N2/c1-11(2)8-9-14(13)10-12-6-4-3-5-7-12/h3-7,11H,8-10,13H2,1-2H3. The third-order valence-electron chi connectivity index (χ3n) is 2.22. The van der Waals surface area contributed by atoms with Crippen molar-refractivity contribution < 1.29 is 0 Å². The van der Waals surface area contributed by atoms with Gasteiger partial charge in [0.05, 0.1) is 0 Å². The highest BCUT2D eigenvalue weighted by Gasteiger charge is 2.01. The van der Waals surface area contributed by atoms with Crippen LogP contribution in [0.1, 0.15) is 25.8 Å². The highest BCUT2D eigenvalue weighted by Crippen LogP contribution is 2.04. The summed E-state index contributed by atoms with van der Waals surface area (Å²) in [6, 6.07) is 10.3. The Balaban J connectivity index is 2.30. The summed E-state index contributed by atoms with van der Waals surface area (Å²) in [5.41, 5.74) is 1.28. The lowest BCUT2D eigenvalue weighted by atomic mass is 10.1. The number of benzene rings is 1. The highest BCUT2D eigenvalue weighted by atomic mass is 15.4. The van der Waals surface area contributed by atoms with E-state index in [-0.39, 0.29) is 0 Å². The Morgan fingerprint density at radius 2 is 1.86 bits per heavy atom. The van der Waals surface area contributed by atoms with Crippen LogP contribution in [0.5, 0.6) is 0 Å². The zero-order chi connectivity index (χ0) is 10.4. The Morgan fingerprint density at radius 3 is 2.43 bits per heavy atom. The van der Waals surface area contributed by atoms with Crippen LogP contribution in [0, 0.1) is 5.92 Å². The zero-order valence-electron chi connectivity index (χ0n) is 9.11. The van der Waals surface area contributed by atoms with Gasteiger partial charge in [-0.15, -0.1) is 0 Å². The fraction of sp³-hybridized carbons (Fsp3) is 0.500. The molecule has 0 radical (unpaired) electrons. The molecule has 1 aromatic carbocycles. The first-order valence-corrected chi connectivity index (χ1v) is 5.22. The topological polar surface area (TPSA) is 29.3 Å². The maximum Gasteiger partial charge on any atom is 0.0379 e. The summed E-state index contributed by atoms with van der Waals surface area (Å²) in [7, 11) is 0. The van der Waals surface area contributed by atoms with E-state index in [4.69, 9.17) is 5.84 Å². The molecule has 1 rings (SSSR count). The van der Waals surface area contributed by atoms with Crippen molar-refractivity contribution in [3.8, 4) is 0 Å². The summed E-state index contributed by atoms with van der Waals surface area (Å²) in [4.78, 5) is 0. The van der Waals surface area contributed by atoms with Crippen LogP contribution in [-0.2, 0) is 6.54 Å². The molecule has 2 heteroatoms. The average Bonchev–Trinajstić information content (AvgIpc) is 2.16. The third-order valence-corrected chi connectivity index (χ3v) is 2.22. The number of hydrogen-bond donors (Lipinski definition) is 1. The molecule has 0 aromatic heterocycles. The van der Waals surface area contributed by atoms with Crippen LogP contribution in [0.15, 0.2) is 30.3 Å². The van der Waals surface area contributed by atoms with Crippen LogP contribution in [0.2, 0.25) is 0 Å². The predicted octanol–water partition coefficient (Wildman–Crippen LogP) is 2.41. The number of rotatable bonds is 5. The molecule has 2 nitrogen and oxygen atoms in total. The van der Waals surface area contributed by atoms with Gasteiger partial charge in [-0.1, -0.05) is 44.2 Å². The molecule has 0 aliphatic heterocycles. The van der Waals surface area contributed by atoms with E-state index in [0.717, 1.165) is 25.4 Å². The average molecular weight is 192 g/mol. The van der Waals surface area contributed by atoms with Gasteiger partial charge in [-0.25, -0.2) is 5.01 Å². The van der Waals surface area contributed by atoms with Crippen LogP contribution in [-0.4, -0.2) is 11.6 Å². The minimum Gasteiger partial charge on any atom is -0.268 e. The van der Waals surface area contributed by atoms with Gasteiger partial charge >= 0.3 is 0 Å². The van der Waals surface area contributed by atoms with Gasteiger partial charge in [0.2, 0.25) is 0 Å². The molecule has 0 aliphatic carbocycles. The van der Waals surface area contributed by atoms with E-state index in [0.29, 0.717) is 0 Å². The van der Waals surface area contributed by atoms with Gasteiger partial charge in [0, 0.05) is 13.1 Å². The summed E-state index contributed by atoms with van der Waals surface area (Å²) in [6.45, 7) is 6.24. The lowest BCUT2D eigenvalue weighted by molar-refractivity contribution is 0.257. The van der Waals surface area contributed by atoms with Gasteiger partial charge in [-0.05, 0) is 17.9 Å². The zero-order valence-corrected chi connectivity index (χ0v) is 9.11. The van der Waals surface area contributed by atoms with Crippen molar-refractivity contribution in [1.29, 1.82) is 0 Å². The molecule has 0 saturated heterocycles. The molecule has 1 aromatic rings. The summed E-state index contributed by atoms with van der Waals surface area (Å²) in [5, 5.41) is 1.88. The van der Waals surface area contributed by atoms with Crippen molar-refractivity contribution in [1.82, 2.24) is 5.01 Å². The quantitative estimate of drug-likeness (QED) is 0.573. The van der Waals surface area contributed by atoms with Crippen LogP contribution in [0.4, 0.5) is 0 Å². The number of nitrogens with two attached hydrogens (primary N) is 1. The first-order chi connectivity index (χ1) is 6.68. The van der Waals surface area contributed by atoms with Crippen LogP contribution in [0.25, 0.3) is 0 Å². The van der Waals surface area contributed by atoms with Crippen molar-refractivity contribution >= 4 is 0 Å². The van der Waals surface area contributed by atoms with E-state index < -0.39 is 0 Å². The van der Waals surface area contributed by atoms with E-state index in [1.807, 2.05) is 23.2 Å². The largest absolute Gasteiger partial charge is 0.268 e. The second-order valence-corrected chi connectivity index (χ2v) is 4.14. The maximum atomic E-state index is 5.89. The minimum atomic E-state index is 0.719. The molecule has 0 bridgehead atoms. The first kappa shape index (κ1) is 11.2. The molecule has 0 atom stereocenters. The molecule has 0 spiro atoms. The van der Waals surface area contributed by atoms with Gasteiger partial charge < -0.3 is 0 Å². The van der Waals surface area contributed by atoms with Gasteiger partial charge in [0.25, 0.3) is 0 Å². The van der Waals surface area contributed by atoms with Gasteiger partial charge in [-0.2, -0.15) is 0 Å². The first-order valence-electron chi connectivity index (χ1n) is 5.22. The second-order valence-electron chi connectivity index (χ2n) is 4.14. The third kappa shape index (κ3) is 4.40. The summed E-state index contributed by atoms with van der Waals surface area (Å²) in [6.07, 6.45) is 1.16. The fourth-order valence-electron chi connectivity index (χ4n) is 1.32.